The number of fused-ring (bicyclic) bond motifs is 3. The number of pyridine rings is 1. The lowest BCUT2D eigenvalue weighted by molar-refractivity contribution is 0.0841. The molecule has 192 valence electrons. The van der Waals surface area contributed by atoms with Crippen LogP contribution in [0.15, 0.2) is 71.9 Å². The van der Waals surface area contributed by atoms with Crippen molar-refractivity contribution in [2.24, 2.45) is 4.99 Å². The highest BCUT2D eigenvalue weighted by Crippen LogP contribution is 2.38. The summed E-state index contributed by atoms with van der Waals surface area (Å²) in [6.07, 6.45) is 1.68. The first-order valence-corrected chi connectivity index (χ1v) is 12.5. The third kappa shape index (κ3) is 4.04. The van der Waals surface area contributed by atoms with E-state index in [1.54, 1.807) is 35.4 Å². The molecule has 0 N–H and O–H groups in total. The standard InChI is InChI=1S/C29H26F2N6O/c1-4-35-27(38)24-26(37-17-29(2,3)34-28(35)37)36(16-18-8-11-21(30)12-9-18)25(33-24)20-10-13-23(32-15-20)19-6-5-7-22(31)14-19/h5-15H,4,16-17H2,1-3H3. The molecule has 1 amide bonds. The smallest absolute Gasteiger partial charge is 0.283 e. The number of anilines is 1. The van der Waals surface area contributed by atoms with Crippen molar-refractivity contribution >= 4 is 17.7 Å². The number of hydrogen-bond acceptors (Lipinski definition) is 5. The maximum atomic E-state index is 13.8. The van der Waals surface area contributed by atoms with Crippen LogP contribution in [-0.4, -0.2) is 49.9 Å². The third-order valence-corrected chi connectivity index (χ3v) is 6.79. The maximum absolute atomic E-state index is 13.8. The Hall–Kier alpha value is -4.40. The van der Waals surface area contributed by atoms with Crippen LogP contribution in [0.1, 0.15) is 36.8 Å². The summed E-state index contributed by atoms with van der Waals surface area (Å²) in [4.78, 5) is 31.6. The van der Waals surface area contributed by atoms with Gasteiger partial charge in [0.05, 0.1) is 24.3 Å². The Balaban J connectivity index is 1.50. The number of carbonyl (C=O) groups excluding carboxylic acids is 1. The van der Waals surface area contributed by atoms with E-state index in [-0.39, 0.29) is 23.1 Å². The Morgan fingerprint density at radius 1 is 0.974 bits per heavy atom. The van der Waals surface area contributed by atoms with E-state index in [9.17, 15) is 13.6 Å². The number of imidazole rings is 1. The number of aromatic nitrogens is 3. The average Bonchev–Trinajstić information content (AvgIpc) is 3.43. The van der Waals surface area contributed by atoms with E-state index in [1.165, 1.54) is 24.3 Å². The van der Waals surface area contributed by atoms with Gasteiger partial charge in [-0.25, -0.2) is 18.8 Å². The molecular formula is C29H26F2N6O. The van der Waals surface area contributed by atoms with Gasteiger partial charge < -0.3 is 4.57 Å². The zero-order chi connectivity index (χ0) is 26.6. The summed E-state index contributed by atoms with van der Waals surface area (Å²) in [5.74, 6) is 0.981. The average molecular weight is 513 g/mol. The van der Waals surface area contributed by atoms with E-state index >= 15 is 0 Å². The van der Waals surface area contributed by atoms with Crippen LogP contribution in [0.25, 0.3) is 22.6 Å². The largest absolute Gasteiger partial charge is 0.305 e. The molecule has 2 aromatic heterocycles. The molecule has 2 aromatic carbocycles. The Morgan fingerprint density at radius 2 is 1.76 bits per heavy atom. The molecular weight excluding hydrogens is 486 g/mol. The van der Waals surface area contributed by atoms with E-state index < -0.39 is 0 Å². The molecule has 0 aliphatic carbocycles. The number of guanidine groups is 1. The van der Waals surface area contributed by atoms with Crippen LogP contribution in [-0.2, 0) is 6.54 Å². The summed E-state index contributed by atoms with van der Waals surface area (Å²) in [5, 5.41) is 0. The molecule has 0 fully saturated rings. The third-order valence-electron chi connectivity index (χ3n) is 6.79. The Kier molecular flexibility index (Phi) is 5.59. The van der Waals surface area contributed by atoms with Crippen molar-refractivity contribution in [2.75, 3.05) is 18.0 Å². The van der Waals surface area contributed by atoms with Crippen LogP contribution >= 0.6 is 0 Å². The fraction of sp³-hybridized carbons (Fsp3) is 0.241. The topological polar surface area (TPSA) is 66.6 Å². The molecule has 0 bridgehead atoms. The highest BCUT2D eigenvalue weighted by atomic mass is 19.1. The van der Waals surface area contributed by atoms with Gasteiger partial charge in [0.2, 0.25) is 5.96 Å². The minimum atomic E-state index is -0.385. The monoisotopic (exact) mass is 512 g/mol. The van der Waals surface area contributed by atoms with Crippen molar-refractivity contribution in [2.45, 2.75) is 32.9 Å². The van der Waals surface area contributed by atoms with Crippen LogP contribution in [0.4, 0.5) is 14.6 Å². The van der Waals surface area contributed by atoms with Crippen molar-refractivity contribution in [3.05, 3.63) is 89.8 Å². The van der Waals surface area contributed by atoms with Crippen molar-refractivity contribution in [3.63, 3.8) is 0 Å². The molecule has 0 unspecified atom stereocenters. The molecule has 2 aliphatic heterocycles. The molecule has 4 heterocycles. The molecule has 0 radical (unpaired) electrons. The van der Waals surface area contributed by atoms with Gasteiger partial charge in [0.25, 0.3) is 5.91 Å². The molecule has 0 spiro atoms. The predicted octanol–water partition coefficient (Wildman–Crippen LogP) is 5.37. The molecule has 4 aromatic rings. The molecule has 7 nitrogen and oxygen atoms in total. The van der Waals surface area contributed by atoms with Gasteiger partial charge in [-0.05, 0) is 62.7 Å². The van der Waals surface area contributed by atoms with Crippen LogP contribution in [0.3, 0.4) is 0 Å². The summed E-state index contributed by atoms with van der Waals surface area (Å²) >= 11 is 0. The number of nitrogens with zero attached hydrogens (tertiary/aromatic N) is 6. The van der Waals surface area contributed by atoms with E-state index in [0.29, 0.717) is 59.8 Å². The van der Waals surface area contributed by atoms with Crippen molar-refractivity contribution in [1.29, 1.82) is 0 Å². The second-order valence-corrected chi connectivity index (χ2v) is 10.1. The normalized spacial score (nSPS) is 15.9. The lowest BCUT2D eigenvalue weighted by Crippen LogP contribution is -2.51. The van der Waals surface area contributed by atoms with Crippen molar-refractivity contribution < 1.29 is 13.6 Å². The summed E-state index contributed by atoms with van der Waals surface area (Å²) in [6, 6.07) is 16.2. The first kappa shape index (κ1) is 24.0. The van der Waals surface area contributed by atoms with Gasteiger partial charge in [0.1, 0.15) is 23.3 Å². The van der Waals surface area contributed by atoms with E-state index in [1.807, 2.05) is 37.5 Å². The summed E-state index contributed by atoms with van der Waals surface area (Å²) in [6.45, 7) is 7.41. The van der Waals surface area contributed by atoms with Crippen LogP contribution in [0.5, 0.6) is 0 Å². The van der Waals surface area contributed by atoms with E-state index in [4.69, 9.17) is 9.98 Å². The fourth-order valence-corrected chi connectivity index (χ4v) is 5.05. The number of amides is 1. The number of hydrogen-bond donors (Lipinski definition) is 0. The Labute approximate surface area is 219 Å². The minimum Gasteiger partial charge on any atom is -0.305 e. The Bertz CT molecular complexity index is 1570. The summed E-state index contributed by atoms with van der Waals surface area (Å²) < 4.78 is 29.4. The second-order valence-electron chi connectivity index (χ2n) is 10.1. The second kappa shape index (κ2) is 8.86. The zero-order valence-corrected chi connectivity index (χ0v) is 21.3. The van der Waals surface area contributed by atoms with E-state index in [2.05, 4.69) is 9.88 Å². The molecule has 2 aliphatic rings. The predicted molar refractivity (Wildman–Crippen MR) is 142 cm³/mol. The number of aliphatic imine (C=N–C) groups is 1. The van der Waals surface area contributed by atoms with Gasteiger partial charge in [-0.15, -0.1) is 0 Å². The molecule has 0 saturated carbocycles. The Morgan fingerprint density at radius 3 is 2.45 bits per heavy atom. The molecule has 38 heavy (non-hydrogen) atoms. The van der Waals surface area contributed by atoms with Gasteiger partial charge in [-0.1, -0.05) is 24.3 Å². The quantitative estimate of drug-likeness (QED) is 0.361. The maximum Gasteiger partial charge on any atom is 0.283 e. The highest BCUT2D eigenvalue weighted by Gasteiger charge is 2.45. The van der Waals surface area contributed by atoms with Gasteiger partial charge >= 0.3 is 0 Å². The number of rotatable bonds is 5. The van der Waals surface area contributed by atoms with Crippen molar-refractivity contribution in [1.82, 2.24) is 19.4 Å². The van der Waals surface area contributed by atoms with Gasteiger partial charge in [0.15, 0.2) is 5.69 Å². The summed E-state index contributed by atoms with van der Waals surface area (Å²) in [5.41, 5.74) is 2.81. The van der Waals surface area contributed by atoms with Crippen LogP contribution < -0.4 is 4.90 Å². The van der Waals surface area contributed by atoms with Gasteiger partial charge in [-0.3, -0.25) is 19.6 Å². The molecule has 9 heteroatoms. The van der Waals surface area contributed by atoms with Crippen LogP contribution in [0, 0.1) is 11.6 Å². The molecule has 6 rings (SSSR count). The lowest BCUT2D eigenvalue weighted by atomic mass is 10.1. The van der Waals surface area contributed by atoms with Gasteiger partial charge in [-0.2, -0.15) is 0 Å². The first-order chi connectivity index (χ1) is 18.2. The number of benzene rings is 2. The number of halogens is 2. The minimum absolute atomic E-state index is 0.210. The van der Waals surface area contributed by atoms with E-state index in [0.717, 1.165) is 5.56 Å². The molecule has 0 saturated heterocycles. The SMILES string of the molecule is CCN1C(=O)c2nc(-c3ccc(-c4cccc(F)c4)nc3)n(Cc3ccc(F)cc3)c2N2CC(C)(C)N=C12. The van der Waals surface area contributed by atoms with Crippen LogP contribution in [0.2, 0.25) is 0 Å². The molecule has 0 atom stereocenters. The number of carbonyl (C=O) groups is 1. The van der Waals surface area contributed by atoms with Gasteiger partial charge in [0, 0.05) is 23.9 Å². The van der Waals surface area contributed by atoms with Crippen molar-refractivity contribution in [3.8, 4) is 22.6 Å². The fourth-order valence-electron chi connectivity index (χ4n) is 5.05. The highest BCUT2D eigenvalue weighted by molar-refractivity contribution is 6.18. The zero-order valence-electron chi connectivity index (χ0n) is 21.3. The summed E-state index contributed by atoms with van der Waals surface area (Å²) in [7, 11) is 0. The first-order valence-electron chi connectivity index (χ1n) is 12.5. The lowest BCUT2D eigenvalue weighted by Gasteiger charge is -2.34.